The van der Waals surface area contributed by atoms with Gasteiger partial charge in [-0.05, 0) is 37.5 Å². The van der Waals surface area contributed by atoms with Crippen molar-refractivity contribution in [1.82, 2.24) is 4.90 Å². The van der Waals surface area contributed by atoms with Crippen LogP contribution in [0.5, 0.6) is 0 Å². The molecule has 23 heavy (non-hydrogen) atoms. The highest BCUT2D eigenvalue weighted by molar-refractivity contribution is 5.91. The summed E-state index contributed by atoms with van der Waals surface area (Å²) in [6.45, 7) is 3.61. The average molecular weight is 320 g/mol. The number of ether oxygens (including phenoxy) is 1. The van der Waals surface area contributed by atoms with Crippen LogP contribution in [0.25, 0.3) is 0 Å². The van der Waals surface area contributed by atoms with Gasteiger partial charge in [-0.15, -0.1) is 0 Å². The summed E-state index contributed by atoms with van der Waals surface area (Å²) in [5.41, 5.74) is 1.59. The number of piperidine rings is 1. The summed E-state index contributed by atoms with van der Waals surface area (Å²) in [5.74, 6) is -0.118. The van der Waals surface area contributed by atoms with Gasteiger partial charge in [-0.25, -0.2) is 0 Å². The van der Waals surface area contributed by atoms with E-state index in [0.717, 1.165) is 5.56 Å². The Bertz CT molecular complexity index is 522. The Hall–Kier alpha value is -1.92. The first-order valence-electron chi connectivity index (χ1n) is 8.01. The van der Waals surface area contributed by atoms with Crippen LogP contribution in [0.2, 0.25) is 0 Å². The molecule has 126 valence electrons. The Morgan fingerprint density at radius 1 is 1.26 bits per heavy atom. The molecule has 0 radical (unpaired) electrons. The van der Waals surface area contributed by atoms with Crippen LogP contribution in [-0.2, 0) is 20.7 Å². The van der Waals surface area contributed by atoms with Gasteiger partial charge in [0.25, 0.3) is 0 Å². The van der Waals surface area contributed by atoms with Crippen molar-refractivity contribution in [3.05, 3.63) is 29.8 Å². The average Bonchev–Trinajstić information content (AvgIpc) is 2.55. The molecule has 1 saturated heterocycles. The number of nitrogens with zero attached hydrogens (tertiary/aromatic N) is 1. The van der Waals surface area contributed by atoms with Gasteiger partial charge in [0.1, 0.15) is 6.61 Å². The molecule has 6 heteroatoms. The molecule has 2 rings (SSSR count). The minimum Gasteiger partial charge on any atom is -0.393 e. The Morgan fingerprint density at radius 2 is 1.91 bits per heavy atom. The van der Waals surface area contributed by atoms with Crippen molar-refractivity contribution in [2.45, 2.75) is 32.3 Å². The summed E-state index contributed by atoms with van der Waals surface area (Å²) >= 11 is 0. The Labute approximate surface area is 136 Å². The molecule has 1 heterocycles. The zero-order chi connectivity index (χ0) is 16.7. The second-order valence-electron chi connectivity index (χ2n) is 5.67. The molecule has 0 bridgehead atoms. The molecule has 0 unspecified atom stereocenters. The molecule has 2 amide bonds. The van der Waals surface area contributed by atoms with Crippen LogP contribution < -0.4 is 5.32 Å². The fraction of sp³-hybridized carbons (Fsp3) is 0.529. The van der Waals surface area contributed by atoms with Crippen molar-refractivity contribution < 1.29 is 19.4 Å². The smallest absolute Gasteiger partial charge is 0.250 e. The van der Waals surface area contributed by atoms with Gasteiger partial charge in [0.15, 0.2) is 0 Å². The molecule has 1 aromatic carbocycles. The third kappa shape index (κ3) is 5.65. The van der Waals surface area contributed by atoms with Crippen LogP contribution >= 0.6 is 0 Å². The third-order valence-corrected chi connectivity index (χ3v) is 3.85. The van der Waals surface area contributed by atoms with Crippen LogP contribution in [0.1, 0.15) is 25.3 Å². The van der Waals surface area contributed by atoms with E-state index in [1.54, 1.807) is 17.0 Å². The third-order valence-electron chi connectivity index (χ3n) is 3.85. The number of likely N-dealkylation sites (tertiary alicyclic amines) is 1. The number of aliphatic hydroxyl groups excluding tert-OH is 1. The molecular weight excluding hydrogens is 296 g/mol. The van der Waals surface area contributed by atoms with E-state index >= 15 is 0 Å². The highest BCUT2D eigenvalue weighted by atomic mass is 16.5. The van der Waals surface area contributed by atoms with Gasteiger partial charge in [-0.1, -0.05) is 12.1 Å². The molecule has 0 aromatic heterocycles. The van der Waals surface area contributed by atoms with Gasteiger partial charge < -0.3 is 20.1 Å². The lowest BCUT2D eigenvalue weighted by Crippen LogP contribution is -2.40. The van der Waals surface area contributed by atoms with Crippen LogP contribution in [0.4, 0.5) is 5.69 Å². The number of rotatable bonds is 6. The monoisotopic (exact) mass is 320 g/mol. The zero-order valence-electron chi connectivity index (χ0n) is 13.5. The highest BCUT2D eigenvalue weighted by Crippen LogP contribution is 2.14. The standard InChI is InChI=1S/C17H24N2O4/c1-2-23-12-16(21)18-14-5-3-13(4-6-14)11-17(22)19-9-7-15(20)8-10-19/h3-6,15,20H,2,7-12H2,1H3,(H,18,21). The van der Waals surface area contributed by atoms with E-state index < -0.39 is 0 Å². The summed E-state index contributed by atoms with van der Waals surface area (Å²) in [6.07, 6.45) is 1.36. The summed E-state index contributed by atoms with van der Waals surface area (Å²) in [6, 6.07) is 7.25. The number of aliphatic hydroxyl groups is 1. The van der Waals surface area contributed by atoms with Crippen molar-refractivity contribution >= 4 is 17.5 Å². The summed E-state index contributed by atoms with van der Waals surface area (Å²) in [4.78, 5) is 25.6. The van der Waals surface area contributed by atoms with E-state index in [4.69, 9.17) is 4.74 Å². The van der Waals surface area contributed by atoms with E-state index in [0.29, 0.717) is 44.6 Å². The van der Waals surface area contributed by atoms with Crippen molar-refractivity contribution in [1.29, 1.82) is 0 Å². The molecule has 1 aliphatic rings. The molecule has 0 aliphatic carbocycles. The maximum atomic E-state index is 12.2. The number of hydrogen-bond donors (Lipinski definition) is 2. The van der Waals surface area contributed by atoms with Gasteiger partial charge in [0, 0.05) is 25.4 Å². The molecule has 0 atom stereocenters. The lowest BCUT2D eigenvalue weighted by Gasteiger charge is -2.29. The predicted octanol–water partition coefficient (Wildman–Crippen LogP) is 1.19. The number of carbonyl (C=O) groups is 2. The van der Waals surface area contributed by atoms with Crippen LogP contribution in [-0.4, -0.2) is 54.2 Å². The lowest BCUT2D eigenvalue weighted by molar-refractivity contribution is -0.132. The fourth-order valence-electron chi connectivity index (χ4n) is 2.50. The summed E-state index contributed by atoms with van der Waals surface area (Å²) in [5, 5.41) is 12.2. The Kier molecular flexibility index (Phi) is 6.55. The maximum absolute atomic E-state index is 12.2. The first kappa shape index (κ1) is 17.4. The number of anilines is 1. The van der Waals surface area contributed by atoms with Crippen molar-refractivity contribution in [2.24, 2.45) is 0 Å². The number of hydrogen-bond acceptors (Lipinski definition) is 4. The second-order valence-corrected chi connectivity index (χ2v) is 5.67. The van der Waals surface area contributed by atoms with Gasteiger partial charge in [-0.3, -0.25) is 9.59 Å². The first-order chi connectivity index (χ1) is 11.1. The molecule has 1 aromatic rings. The van der Waals surface area contributed by atoms with Crippen LogP contribution in [0.3, 0.4) is 0 Å². The molecular formula is C17H24N2O4. The normalized spacial score (nSPS) is 15.5. The molecule has 1 fully saturated rings. The fourth-order valence-corrected chi connectivity index (χ4v) is 2.50. The Balaban J connectivity index is 1.82. The van der Waals surface area contributed by atoms with Gasteiger partial charge >= 0.3 is 0 Å². The van der Waals surface area contributed by atoms with E-state index in [2.05, 4.69) is 5.32 Å². The molecule has 2 N–H and O–H groups in total. The van der Waals surface area contributed by atoms with Crippen LogP contribution in [0.15, 0.2) is 24.3 Å². The van der Waals surface area contributed by atoms with E-state index in [1.807, 2.05) is 19.1 Å². The minimum atomic E-state index is -0.279. The SMILES string of the molecule is CCOCC(=O)Nc1ccc(CC(=O)N2CCC(O)CC2)cc1. The minimum absolute atomic E-state index is 0.0392. The molecule has 1 aliphatic heterocycles. The molecule has 0 spiro atoms. The predicted molar refractivity (Wildman–Crippen MR) is 87.1 cm³/mol. The van der Waals surface area contributed by atoms with E-state index in [-0.39, 0.29) is 24.5 Å². The first-order valence-corrected chi connectivity index (χ1v) is 8.01. The summed E-state index contributed by atoms with van der Waals surface area (Å²) < 4.78 is 5.04. The van der Waals surface area contributed by atoms with Crippen LogP contribution in [0, 0.1) is 0 Å². The van der Waals surface area contributed by atoms with Crippen molar-refractivity contribution in [3.63, 3.8) is 0 Å². The van der Waals surface area contributed by atoms with Crippen molar-refractivity contribution in [3.8, 4) is 0 Å². The number of amides is 2. The topological polar surface area (TPSA) is 78.9 Å². The number of carbonyl (C=O) groups excluding carboxylic acids is 2. The lowest BCUT2D eigenvalue weighted by atomic mass is 10.1. The van der Waals surface area contributed by atoms with Gasteiger partial charge in [-0.2, -0.15) is 0 Å². The van der Waals surface area contributed by atoms with Gasteiger partial charge in [0.05, 0.1) is 12.5 Å². The number of benzene rings is 1. The van der Waals surface area contributed by atoms with Crippen molar-refractivity contribution in [2.75, 3.05) is 31.6 Å². The van der Waals surface area contributed by atoms with E-state index in [9.17, 15) is 14.7 Å². The molecule has 6 nitrogen and oxygen atoms in total. The second kappa shape index (κ2) is 8.64. The molecule has 0 saturated carbocycles. The summed E-state index contributed by atoms with van der Waals surface area (Å²) in [7, 11) is 0. The quantitative estimate of drug-likeness (QED) is 0.825. The maximum Gasteiger partial charge on any atom is 0.250 e. The van der Waals surface area contributed by atoms with E-state index in [1.165, 1.54) is 0 Å². The highest BCUT2D eigenvalue weighted by Gasteiger charge is 2.21. The van der Waals surface area contributed by atoms with Gasteiger partial charge in [0.2, 0.25) is 11.8 Å². The Morgan fingerprint density at radius 3 is 2.52 bits per heavy atom. The largest absolute Gasteiger partial charge is 0.393 e. The zero-order valence-corrected chi connectivity index (χ0v) is 13.5. The number of nitrogens with one attached hydrogen (secondary N) is 1.